The molecule has 1 saturated heterocycles. The molecule has 26 heavy (non-hydrogen) atoms. The molecule has 3 nitrogen and oxygen atoms in total. The average Bonchev–Trinajstić information content (AvgIpc) is 2.54. The van der Waals surface area contributed by atoms with E-state index in [2.05, 4.69) is 52.6 Å². The molecule has 0 aromatic heterocycles. The van der Waals surface area contributed by atoms with E-state index in [1.54, 1.807) is 0 Å². The Morgan fingerprint density at radius 3 is 2.23 bits per heavy atom. The fourth-order valence-electron chi connectivity index (χ4n) is 5.07. The van der Waals surface area contributed by atoms with Crippen LogP contribution >= 0.6 is 43.5 Å². The maximum atomic E-state index is 11.1. The van der Waals surface area contributed by atoms with E-state index in [1.807, 2.05) is 13.8 Å². The second kappa shape index (κ2) is 8.10. The maximum absolute atomic E-state index is 11.1. The molecule has 0 radical (unpaired) electrons. The van der Waals surface area contributed by atoms with Crippen LogP contribution in [0.25, 0.3) is 0 Å². The van der Waals surface area contributed by atoms with E-state index >= 15 is 0 Å². The lowest BCUT2D eigenvalue weighted by atomic mass is 9.59. The van der Waals surface area contributed by atoms with Gasteiger partial charge in [-0.3, -0.25) is 0 Å². The predicted octanol–water partition coefficient (Wildman–Crippen LogP) is 5.41. The van der Waals surface area contributed by atoms with Gasteiger partial charge in [-0.05, 0) is 70.6 Å². The second-order valence-corrected chi connectivity index (χ2v) is 12.2. The van der Waals surface area contributed by atoms with Gasteiger partial charge in [0.1, 0.15) is 0 Å². The van der Waals surface area contributed by atoms with Crippen LogP contribution in [0.15, 0.2) is 0 Å². The van der Waals surface area contributed by atoms with Crippen molar-refractivity contribution in [3.63, 3.8) is 0 Å². The van der Waals surface area contributed by atoms with Gasteiger partial charge in [0.05, 0.1) is 28.8 Å². The summed E-state index contributed by atoms with van der Waals surface area (Å²) in [4.78, 5) is 0.630. The summed E-state index contributed by atoms with van der Waals surface area (Å²) in [6.45, 7) is 10.6. The van der Waals surface area contributed by atoms with Gasteiger partial charge in [0.15, 0.2) is 0 Å². The summed E-state index contributed by atoms with van der Waals surface area (Å²) in [6.07, 6.45) is 4.56. The molecule has 1 heterocycles. The molecule has 7 atom stereocenters. The zero-order valence-electron chi connectivity index (χ0n) is 16.7. The summed E-state index contributed by atoms with van der Waals surface area (Å²) < 4.78 is 6.51. The van der Waals surface area contributed by atoms with Gasteiger partial charge in [-0.25, -0.2) is 0 Å². The molecule has 6 heteroatoms. The Morgan fingerprint density at radius 1 is 1.08 bits per heavy atom. The molecular weight excluding hydrogens is 483 g/mol. The maximum Gasteiger partial charge on any atom is 0.0962 e. The molecule has 1 aliphatic heterocycles. The third-order valence-corrected chi connectivity index (χ3v) is 10.5. The first-order valence-corrected chi connectivity index (χ1v) is 12.1. The van der Waals surface area contributed by atoms with Crippen LogP contribution in [0.4, 0.5) is 0 Å². The molecular formula is C20H35Br2ClO3. The van der Waals surface area contributed by atoms with Crippen LogP contribution in [0.2, 0.25) is 0 Å². The normalized spacial score (nSPS) is 47.5. The van der Waals surface area contributed by atoms with Crippen LogP contribution in [-0.4, -0.2) is 48.7 Å². The van der Waals surface area contributed by atoms with Crippen molar-refractivity contribution in [1.82, 2.24) is 0 Å². The van der Waals surface area contributed by atoms with Crippen molar-refractivity contribution in [3.8, 4) is 0 Å². The highest BCUT2D eigenvalue weighted by Crippen LogP contribution is 2.53. The van der Waals surface area contributed by atoms with Gasteiger partial charge in [0, 0.05) is 9.65 Å². The van der Waals surface area contributed by atoms with Crippen LogP contribution in [0.5, 0.6) is 0 Å². The standard InChI is InChI=1S/C20H35Br2ClO3/c1-17(2)13(18(3,25)9-7-14(17)21)6-10-19(4)15(22)8-11-20(5,26-19)16(24)12-23/h13-16,24-25H,6-12H2,1-5H3/t13-,14-,15-,16-,18-,19+,20+/m1/s1. The van der Waals surface area contributed by atoms with Crippen LogP contribution < -0.4 is 0 Å². The number of aliphatic hydroxyl groups excluding tert-OH is 1. The van der Waals surface area contributed by atoms with E-state index in [1.165, 1.54) is 0 Å². The van der Waals surface area contributed by atoms with Crippen LogP contribution in [-0.2, 0) is 4.74 Å². The van der Waals surface area contributed by atoms with Crippen molar-refractivity contribution < 1.29 is 14.9 Å². The van der Waals surface area contributed by atoms with E-state index in [0.29, 0.717) is 4.83 Å². The highest BCUT2D eigenvalue weighted by molar-refractivity contribution is 9.09. The van der Waals surface area contributed by atoms with E-state index in [-0.39, 0.29) is 22.0 Å². The quantitative estimate of drug-likeness (QED) is 0.479. The van der Waals surface area contributed by atoms with Gasteiger partial charge in [-0.2, -0.15) is 0 Å². The van der Waals surface area contributed by atoms with Crippen LogP contribution in [0, 0.1) is 11.3 Å². The zero-order chi connectivity index (χ0) is 20.0. The second-order valence-electron chi connectivity index (χ2n) is 9.68. The van der Waals surface area contributed by atoms with Gasteiger partial charge < -0.3 is 14.9 Å². The number of hydrogen-bond donors (Lipinski definition) is 2. The Hall–Kier alpha value is 1.13. The van der Waals surface area contributed by atoms with Gasteiger partial charge in [0.25, 0.3) is 0 Å². The number of ether oxygens (including phenoxy) is 1. The lowest BCUT2D eigenvalue weighted by Gasteiger charge is -2.53. The molecule has 2 N–H and O–H groups in total. The largest absolute Gasteiger partial charge is 0.390 e. The summed E-state index contributed by atoms with van der Waals surface area (Å²) in [6, 6.07) is 0. The zero-order valence-corrected chi connectivity index (χ0v) is 20.6. The molecule has 154 valence electrons. The monoisotopic (exact) mass is 516 g/mol. The first-order chi connectivity index (χ1) is 11.8. The molecule has 0 aromatic rings. The van der Waals surface area contributed by atoms with Gasteiger partial charge in [0.2, 0.25) is 0 Å². The van der Waals surface area contributed by atoms with Crippen molar-refractivity contribution in [2.45, 2.75) is 106 Å². The molecule has 2 fully saturated rings. The number of hydrogen-bond acceptors (Lipinski definition) is 3. The van der Waals surface area contributed by atoms with Crippen molar-refractivity contribution in [3.05, 3.63) is 0 Å². The Balaban J connectivity index is 2.17. The van der Waals surface area contributed by atoms with Gasteiger partial charge in [-0.1, -0.05) is 45.7 Å². The van der Waals surface area contributed by atoms with E-state index in [0.717, 1.165) is 38.5 Å². The molecule has 1 aliphatic carbocycles. The Morgan fingerprint density at radius 2 is 1.65 bits per heavy atom. The minimum atomic E-state index is -0.676. The number of halogens is 3. The minimum absolute atomic E-state index is 0.00748. The third kappa shape index (κ3) is 4.48. The average molecular weight is 519 g/mol. The SMILES string of the molecule is CC1(C)[C@H](Br)CC[C@@](C)(O)[C@@H]1CC[C@]1(C)O[C@](C)([C@H](O)CCl)CC[C@H]1Br. The van der Waals surface area contributed by atoms with Crippen molar-refractivity contribution in [1.29, 1.82) is 0 Å². The van der Waals surface area contributed by atoms with Gasteiger partial charge in [-0.15, -0.1) is 11.6 Å². The fourth-order valence-corrected chi connectivity index (χ4v) is 6.50. The molecule has 0 aromatic carbocycles. The van der Waals surface area contributed by atoms with Crippen molar-refractivity contribution >= 4 is 43.5 Å². The van der Waals surface area contributed by atoms with Crippen molar-refractivity contribution in [2.24, 2.45) is 11.3 Å². The summed E-state index contributed by atoms with van der Waals surface area (Å²) in [5.74, 6) is 0.356. The summed E-state index contributed by atoms with van der Waals surface area (Å²) >= 11 is 13.6. The molecule has 1 saturated carbocycles. The topological polar surface area (TPSA) is 49.7 Å². The number of alkyl halides is 3. The first-order valence-electron chi connectivity index (χ1n) is 9.73. The minimum Gasteiger partial charge on any atom is -0.390 e. The molecule has 0 spiro atoms. The molecule has 2 aliphatic rings. The lowest BCUT2D eigenvalue weighted by molar-refractivity contribution is -0.212. The van der Waals surface area contributed by atoms with Gasteiger partial charge >= 0.3 is 0 Å². The number of rotatable bonds is 5. The molecule has 0 unspecified atom stereocenters. The smallest absolute Gasteiger partial charge is 0.0962 e. The fraction of sp³-hybridized carbons (Fsp3) is 1.00. The first kappa shape index (κ1) is 23.4. The number of aliphatic hydroxyl groups is 2. The van der Waals surface area contributed by atoms with Crippen LogP contribution in [0.3, 0.4) is 0 Å². The highest BCUT2D eigenvalue weighted by Gasteiger charge is 2.52. The lowest BCUT2D eigenvalue weighted by Crippen LogP contribution is -2.58. The summed E-state index contributed by atoms with van der Waals surface area (Å²) in [5, 5.41) is 21.4. The predicted molar refractivity (Wildman–Crippen MR) is 116 cm³/mol. The summed E-state index contributed by atoms with van der Waals surface area (Å²) in [5.41, 5.74) is -1.68. The van der Waals surface area contributed by atoms with Crippen molar-refractivity contribution in [2.75, 3.05) is 5.88 Å². The van der Waals surface area contributed by atoms with Crippen LogP contribution in [0.1, 0.15) is 73.1 Å². The highest BCUT2D eigenvalue weighted by atomic mass is 79.9. The molecule has 0 amide bonds. The van der Waals surface area contributed by atoms with E-state index < -0.39 is 22.9 Å². The van der Waals surface area contributed by atoms with E-state index in [9.17, 15) is 10.2 Å². The molecule has 2 rings (SSSR count). The Kier molecular flexibility index (Phi) is 7.29. The molecule has 0 bridgehead atoms. The summed E-state index contributed by atoms with van der Waals surface area (Å²) in [7, 11) is 0. The Labute approximate surface area is 180 Å². The third-order valence-electron chi connectivity index (χ3n) is 7.16. The Bertz CT molecular complexity index is 501. The van der Waals surface area contributed by atoms with E-state index in [4.69, 9.17) is 16.3 Å².